The molecular weight excluding hydrogens is 462 g/mol. The van der Waals surface area contributed by atoms with Gasteiger partial charge in [0.25, 0.3) is 0 Å². The molecule has 0 unspecified atom stereocenters. The number of rotatable bonds is 6. The first-order valence-corrected chi connectivity index (χ1v) is 12.4. The van der Waals surface area contributed by atoms with Crippen molar-refractivity contribution in [3.63, 3.8) is 0 Å². The van der Waals surface area contributed by atoms with Crippen LogP contribution in [0.4, 0.5) is 5.82 Å². The van der Waals surface area contributed by atoms with Gasteiger partial charge in [0.15, 0.2) is 17.0 Å². The molecule has 0 spiro atoms. The fourth-order valence-corrected chi connectivity index (χ4v) is 5.07. The van der Waals surface area contributed by atoms with E-state index in [2.05, 4.69) is 28.5 Å². The van der Waals surface area contributed by atoms with Gasteiger partial charge in [-0.25, -0.2) is 9.97 Å². The van der Waals surface area contributed by atoms with Crippen LogP contribution in [-0.2, 0) is 4.79 Å². The van der Waals surface area contributed by atoms with E-state index in [0.717, 1.165) is 87.5 Å². The molecule has 2 aromatic heterocycles. The SMILES string of the molecule is O=C(C1CCN(c2ncnc3nsnc23)CC1)N1CCN(CCOc2ccc(Cl)cc2)CC1. The molecular formula is C22H26ClN7O2S. The molecule has 1 aromatic carbocycles. The molecule has 174 valence electrons. The molecule has 4 heterocycles. The Morgan fingerprint density at radius 3 is 2.55 bits per heavy atom. The van der Waals surface area contributed by atoms with Crippen LogP contribution in [-0.4, -0.2) is 86.8 Å². The van der Waals surface area contributed by atoms with Gasteiger partial charge in [0.1, 0.15) is 18.7 Å². The van der Waals surface area contributed by atoms with E-state index in [1.807, 2.05) is 29.2 Å². The zero-order chi connectivity index (χ0) is 22.6. The molecule has 2 aliphatic rings. The summed E-state index contributed by atoms with van der Waals surface area (Å²) in [5, 5.41) is 0.705. The number of piperazine rings is 1. The molecule has 1 amide bonds. The average molecular weight is 488 g/mol. The van der Waals surface area contributed by atoms with E-state index in [1.54, 1.807) is 0 Å². The van der Waals surface area contributed by atoms with Gasteiger partial charge in [-0.15, -0.1) is 0 Å². The quantitative estimate of drug-likeness (QED) is 0.524. The van der Waals surface area contributed by atoms with Crippen LogP contribution in [0.2, 0.25) is 5.02 Å². The second-order valence-corrected chi connectivity index (χ2v) is 9.33. The largest absolute Gasteiger partial charge is 0.492 e. The highest BCUT2D eigenvalue weighted by Crippen LogP contribution is 2.27. The van der Waals surface area contributed by atoms with E-state index < -0.39 is 0 Å². The van der Waals surface area contributed by atoms with Crippen LogP contribution < -0.4 is 9.64 Å². The van der Waals surface area contributed by atoms with E-state index in [1.165, 1.54) is 6.33 Å². The highest BCUT2D eigenvalue weighted by Gasteiger charge is 2.31. The first-order valence-electron chi connectivity index (χ1n) is 11.2. The van der Waals surface area contributed by atoms with Gasteiger partial charge in [-0.05, 0) is 37.1 Å². The number of ether oxygens (including phenoxy) is 1. The van der Waals surface area contributed by atoms with Gasteiger partial charge < -0.3 is 14.5 Å². The summed E-state index contributed by atoms with van der Waals surface area (Å²) < 4.78 is 14.3. The number of carbonyl (C=O) groups excluding carboxylic acids is 1. The Bertz CT molecular complexity index is 1080. The van der Waals surface area contributed by atoms with Gasteiger partial charge in [-0.3, -0.25) is 9.69 Å². The van der Waals surface area contributed by atoms with Crippen molar-refractivity contribution in [1.29, 1.82) is 0 Å². The van der Waals surface area contributed by atoms with E-state index in [9.17, 15) is 4.79 Å². The van der Waals surface area contributed by atoms with E-state index >= 15 is 0 Å². The van der Waals surface area contributed by atoms with Crippen molar-refractivity contribution in [3.05, 3.63) is 35.6 Å². The lowest BCUT2D eigenvalue weighted by Crippen LogP contribution is -2.52. The lowest BCUT2D eigenvalue weighted by Gasteiger charge is -2.38. The Morgan fingerprint density at radius 1 is 1.03 bits per heavy atom. The second kappa shape index (κ2) is 10.1. The maximum absolute atomic E-state index is 13.1. The van der Waals surface area contributed by atoms with Gasteiger partial charge in [0.05, 0.1) is 11.7 Å². The van der Waals surface area contributed by atoms with Crippen LogP contribution >= 0.6 is 23.3 Å². The predicted molar refractivity (Wildman–Crippen MR) is 128 cm³/mol. The molecule has 0 atom stereocenters. The van der Waals surface area contributed by atoms with Crippen molar-refractivity contribution in [2.24, 2.45) is 5.92 Å². The Morgan fingerprint density at radius 2 is 1.79 bits per heavy atom. The minimum Gasteiger partial charge on any atom is -0.492 e. The second-order valence-electron chi connectivity index (χ2n) is 8.36. The van der Waals surface area contributed by atoms with Gasteiger partial charge in [0, 0.05) is 56.8 Å². The van der Waals surface area contributed by atoms with E-state index in [-0.39, 0.29) is 11.8 Å². The van der Waals surface area contributed by atoms with Crippen LogP contribution in [0.25, 0.3) is 11.2 Å². The molecule has 0 radical (unpaired) electrons. The molecule has 0 saturated carbocycles. The van der Waals surface area contributed by atoms with Crippen molar-refractivity contribution in [1.82, 2.24) is 28.5 Å². The van der Waals surface area contributed by atoms with Crippen molar-refractivity contribution in [3.8, 4) is 5.75 Å². The van der Waals surface area contributed by atoms with Crippen LogP contribution in [0.3, 0.4) is 0 Å². The molecule has 33 heavy (non-hydrogen) atoms. The Labute approximate surface area is 201 Å². The molecule has 2 fully saturated rings. The normalized spacial score (nSPS) is 18.1. The Kier molecular flexibility index (Phi) is 6.84. The van der Waals surface area contributed by atoms with Crippen molar-refractivity contribution < 1.29 is 9.53 Å². The molecule has 5 rings (SSSR count). The van der Waals surface area contributed by atoms with Gasteiger partial charge >= 0.3 is 0 Å². The lowest BCUT2D eigenvalue weighted by molar-refractivity contribution is -0.138. The summed E-state index contributed by atoms with van der Waals surface area (Å²) in [6, 6.07) is 7.42. The molecule has 3 aromatic rings. The lowest BCUT2D eigenvalue weighted by atomic mass is 9.95. The van der Waals surface area contributed by atoms with Crippen LogP contribution in [0.5, 0.6) is 5.75 Å². The third kappa shape index (κ3) is 5.18. The summed E-state index contributed by atoms with van der Waals surface area (Å²) in [6.45, 7) is 6.37. The monoisotopic (exact) mass is 487 g/mol. The standard InChI is InChI=1S/C22H26ClN7O2S/c23-17-1-3-18(4-2-17)32-14-13-28-9-11-30(12-10-28)22(31)16-5-7-29(8-6-16)21-19-20(24-15-25-21)27-33-26-19/h1-4,15-16H,5-14H2. The van der Waals surface area contributed by atoms with Crippen LogP contribution in [0.1, 0.15) is 12.8 Å². The summed E-state index contributed by atoms with van der Waals surface area (Å²) >= 11 is 7.06. The summed E-state index contributed by atoms with van der Waals surface area (Å²) in [4.78, 5) is 28.3. The van der Waals surface area contributed by atoms with Crippen molar-refractivity contribution >= 4 is 46.2 Å². The number of halogens is 1. The number of anilines is 1. The average Bonchev–Trinajstić information content (AvgIpc) is 3.35. The zero-order valence-corrected chi connectivity index (χ0v) is 19.8. The fourth-order valence-electron chi connectivity index (χ4n) is 4.45. The van der Waals surface area contributed by atoms with Gasteiger partial charge in [0.2, 0.25) is 5.91 Å². The first-order chi connectivity index (χ1) is 16.2. The molecule has 0 bridgehead atoms. The number of aromatic nitrogens is 4. The molecule has 11 heteroatoms. The topological polar surface area (TPSA) is 87.6 Å². The Balaban J connectivity index is 1.06. The number of hydrogen-bond donors (Lipinski definition) is 0. The van der Waals surface area contributed by atoms with Crippen molar-refractivity contribution in [2.45, 2.75) is 12.8 Å². The maximum Gasteiger partial charge on any atom is 0.225 e. The molecule has 0 N–H and O–H groups in total. The summed E-state index contributed by atoms with van der Waals surface area (Å²) in [7, 11) is 0. The van der Waals surface area contributed by atoms with Crippen molar-refractivity contribution in [2.75, 3.05) is 57.3 Å². The van der Waals surface area contributed by atoms with Gasteiger partial charge in [-0.1, -0.05) is 11.6 Å². The van der Waals surface area contributed by atoms with E-state index in [4.69, 9.17) is 16.3 Å². The number of fused-ring (bicyclic) bond motifs is 1. The smallest absolute Gasteiger partial charge is 0.225 e. The van der Waals surface area contributed by atoms with E-state index in [0.29, 0.717) is 17.3 Å². The number of nitrogens with zero attached hydrogens (tertiary/aromatic N) is 7. The minimum atomic E-state index is 0.0759. The van der Waals surface area contributed by atoms with Gasteiger partial charge in [-0.2, -0.15) is 8.75 Å². The summed E-state index contributed by atoms with van der Waals surface area (Å²) in [5.74, 6) is 2.02. The molecule has 9 nitrogen and oxygen atoms in total. The first kappa shape index (κ1) is 22.2. The highest BCUT2D eigenvalue weighted by atomic mass is 35.5. The number of amides is 1. The minimum absolute atomic E-state index is 0.0759. The third-order valence-corrected chi connectivity index (χ3v) is 7.13. The number of benzene rings is 1. The third-order valence-electron chi connectivity index (χ3n) is 6.36. The van der Waals surface area contributed by atoms with Crippen LogP contribution in [0.15, 0.2) is 30.6 Å². The van der Waals surface area contributed by atoms with Crippen LogP contribution in [0, 0.1) is 5.92 Å². The maximum atomic E-state index is 13.1. The number of hydrogen-bond acceptors (Lipinski definition) is 9. The fraction of sp³-hybridized carbons (Fsp3) is 0.500. The number of piperidine rings is 1. The Hall–Kier alpha value is -2.56. The highest BCUT2D eigenvalue weighted by molar-refractivity contribution is 7.00. The molecule has 2 saturated heterocycles. The predicted octanol–water partition coefficient (Wildman–Crippen LogP) is 2.57. The number of carbonyl (C=O) groups is 1. The summed E-state index contributed by atoms with van der Waals surface area (Å²) in [6.07, 6.45) is 3.20. The molecule has 0 aliphatic carbocycles. The zero-order valence-electron chi connectivity index (χ0n) is 18.3. The summed E-state index contributed by atoms with van der Waals surface area (Å²) in [5.41, 5.74) is 1.39. The molecule has 2 aliphatic heterocycles.